The van der Waals surface area contributed by atoms with Crippen molar-refractivity contribution in [1.82, 2.24) is 0 Å². The highest BCUT2D eigenvalue weighted by atomic mass is 16.5. The van der Waals surface area contributed by atoms with Crippen molar-refractivity contribution in [2.75, 3.05) is 13.2 Å². The summed E-state index contributed by atoms with van der Waals surface area (Å²) >= 11 is 0. The number of fused-ring (bicyclic) bond motifs is 2. The molecule has 2 atom stereocenters. The van der Waals surface area contributed by atoms with Crippen molar-refractivity contribution in [2.24, 2.45) is 11.3 Å². The molecule has 4 heteroatoms. The molecule has 0 aliphatic heterocycles. The Morgan fingerprint density at radius 2 is 1.83 bits per heavy atom. The fraction of sp³-hybridized carbons (Fsp3) is 0.714. The van der Waals surface area contributed by atoms with E-state index in [-0.39, 0.29) is 23.3 Å². The van der Waals surface area contributed by atoms with Crippen LogP contribution in [0.2, 0.25) is 0 Å². The van der Waals surface area contributed by atoms with Gasteiger partial charge >= 0.3 is 11.9 Å². The molecule has 18 heavy (non-hydrogen) atoms. The summed E-state index contributed by atoms with van der Waals surface area (Å²) in [6.45, 7) is 6.27. The van der Waals surface area contributed by atoms with Gasteiger partial charge in [-0.05, 0) is 39.0 Å². The molecule has 2 unspecified atom stereocenters. The maximum absolute atomic E-state index is 12.1. The first-order valence-electron chi connectivity index (χ1n) is 6.62. The van der Waals surface area contributed by atoms with Crippen molar-refractivity contribution in [3.8, 4) is 0 Å². The van der Waals surface area contributed by atoms with Crippen molar-refractivity contribution in [2.45, 2.75) is 40.0 Å². The smallest absolute Gasteiger partial charge is 0.335 e. The van der Waals surface area contributed by atoms with Crippen LogP contribution in [0.25, 0.3) is 0 Å². The van der Waals surface area contributed by atoms with Crippen LogP contribution in [0.4, 0.5) is 0 Å². The lowest BCUT2D eigenvalue weighted by molar-refractivity contribution is -0.142. The largest absolute Gasteiger partial charge is 0.463 e. The molecule has 0 saturated heterocycles. The third kappa shape index (κ3) is 1.93. The molecular formula is C14H20O4. The van der Waals surface area contributed by atoms with E-state index in [1.807, 2.05) is 6.92 Å². The Morgan fingerprint density at radius 3 is 2.44 bits per heavy atom. The number of hydrogen-bond donors (Lipinski definition) is 0. The minimum absolute atomic E-state index is 0.174. The Morgan fingerprint density at radius 1 is 1.22 bits per heavy atom. The van der Waals surface area contributed by atoms with Crippen LogP contribution in [0, 0.1) is 11.3 Å². The van der Waals surface area contributed by atoms with Gasteiger partial charge in [-0.25, -0.2) is 9.59 Å². The number of carbonyl (C=O) groups is 2. The summed E-state index contributed by atoms with van der Waals surface area (Å²) in [7, 11) is 0. The third-order valence-electron chi connectivity index (χ3n) is 4.00. The number of ether oxygens (including phenoxy) is 2. The average Bonchev–Trinajstić information content (AvgIpc) is 2.82. The molecule has 0 amide bonds. The monoisotopic (exact) mass is 252 g/mol. The molecule has 0 aromatic carbocycles. The van der Waals surface area contributed by atoms with Gasteiger partial charge < -0.3 is 9.47 Å². The third-order valence-corrected chi connectivity index (χ3v) is 4.00. The molecule has 2 rings (SSSR count). The quantitative estimate of drug-likeness (QED) is 0.720. The van der Waals surface area contributed by atoms with Crippen molar-refractivity contribution in [1.29, 1.82) is 0 Å². The molecule has 1 saturated carbocycles. The molecule has 4 nitrogen and oxygen atoms in total. The van der Waals surface area contributed by atoms with E-state index in [1.54, 1.807) is 13.8 Å². The van der Waals surface area contributed by atoms with Crippen LogP contribution in [0.5, 0.6) is 0 Å². The highest BCUT2D eigenvalue weighted by molar-refractivity contribution is 6.03. The molecule has 0 spiro atoms. The molecule has 100 valence electrons. The molecule has 0 heterocycles. The summed E-state index contributed by atoms with van der Waals surface area (Å²) in [5.41, 5.74) is 0.946. The van der Waals surface area contributed by atoms with Crippen molar-refractivity contribution >= 4 is 11.9 Å². The predicted octanol–water partition coefficient (Wildman–Crippen LogP) is 2.23. The summed E-state index contributed by atoms with van der Waals surface area (Å²) in [4.78, 5) is 24.1. The number of hydrogen-bond acceptors (Lipinski definition) is 4. The number of carbonyl (C=O) groups excluding carboxylic acids is 2. The second-order valence-electron chi connectivity index (χ2n) is 5.23. The second-order valence-corrected chi connectivity index (χ2v) is 5.23. The van der Waals surface area contributed by atoms with E-state index < -0.39 is 0 Å². The Bertz CT molecular complexity index is 410. The van der Waals surface area contributed by atoms with E-state index in [1.165, 1.54) is 0 Å². The molecule has 2 bridgehead atoms. The zero-order chi connectivity index (χ0) is 13.3. The summed E-state index contributed by atoms with van der Waals surface area (Å²) in [5, 5.41) is 0. The Labute approximate surface area is 107 Å². The molecule has 0 aromatic heterocycles. The molecule has 2 aliphatic carbocycles. The van der Waals surface area contributed by atoms with E-state index in [0.717, 1.165) is 19.3 Å². The SMILES string of the molecule is CCOC(=O)C1=C(C(=O)OCC)C2(C)CCC1C2. The molecule has 0 aromatic rings. The van der Waals surface area contributed by atoms with Crippen LogP contribution >= 0.6 is 0 Å². The topological polar surface area (TPSA) is 52.6 Å². The molecule has 1 fully saturated rings. The van der Waals surface area contributed by atoms with Crippen LogP contribution in [-0.4, -0.2) is 25.2 Å². The van der Waals surface area contributed by atoms with Gasteiger partial charge in [0.2, 0.25) is 0 Å². The number of esters is 2. The van der Waals surface area contributed by atoms with Crippen LogP contribution in [-0.2, 0) is 19.1 Å². The van der Waals surface area contributed by atoms with Gasteiger partial charge in [-0.1, -0.05) is 6.92 Å². The van der Waals surface area contributed by atoms with Gasteiger partial charge in [0.25, 0.3) is 0 Å². The highest BCUT2D eigenvalue weighted by Gasteiger charge is 2.53. The minimum Gasteiger partial charge on any atom is -0.463 e. The zero-order valence-electron chi connectivity index (χ0n) is 11.2. The van der Waals surface area contributed by atoms with Gasteiger partial charge in [-0.15, -0.1) is 0 Å². The fourth-order valence-corrected chi connectivity index (χ4v) is 3.28. The highest BCUT2D eigenvalue weighted by Crippen LogP contribution is 2.57. The normalized spacial score (nSPS) is 29.6. The van der Waals surface area contributed by atoms with Gasteiger partial charge in [0, 0.05) is 5.41 Å². The van der Waals surface area contributed by atoms with E-state index in [0.29, 0.717) is 24.4 Å². The van der Waals surface area contributed by atoms with Crippen molar-refractivity contribution in [3.05, 3.63) is 11.1 Å². The zero-order valence-corrected chi connectivity index (χ0v) is 11.2. The van der Waals surface area contributed by atoms with Crippen molar-refractivity contribution < 1.29 is 19.1 Å². The average molecular weight is 252 g/mol. The Balaban J connectivity index is 2.38. The van der Waals surface area contributed by atoms with Gasteiger partial charge in [0.05, 0.1) is 24.4 Å². The first-order chi connectivity index (χ1) is 8.53. The summed E-state index contributed by atoms with van der Waals surface area (Å²) in [6, 6.07) is 0. The van der Waals surface area contributed by atoms with Crippen LogP contribution in [0.15, 0.2) is 11.1 Å². The summed E-state index contributed by atoms with van der Waals surface area (Å²) in [5.74, 6) is -0.507. The molecule has 2 aliphatic rings. The van der Waals surface area contributed by atoms with E-state index in [2.05, 4.69) is 0 Å². The second kappa shape index (κ2) is 4.75. The lowest BCUT2D eigenvalue weighted by Gasteiger charge is -2.25. The molecular weight excluding hydrogens is 232 g/mol. The van der Waals surface area contributed by atoms with Crippen LogP contribution in [0.3, 0.4) is 0 Å². The van der Waals surface area contributed by atoms with E-state index >= 15 is 0 Å². The summed E-state index contributed by atoms with van der Waals surface area (Å²) in [6.07, 6.45) is 2.79. The van der Waals surface area contributed by atoms with Gasteiger partial charge in [-0.3, -0.25) is 0 Å². The Kier molecular flexibility index (Phi) is 3.46. The standard InChI is InChI=1S/C14H20O4/c1-4-17-12(15)10-9-6-7-14(3,8-9)11(10)13(16)18-5-2/h9H,4-8H2,1-3H3. The fourth-order valence-electron chi connectivity index (χ4n) is 3.28. The van der Waals surface area contributed by atoms with E-state index in [4.69, 9.17) is 9.47 Å². The lowest BCUT2D eigenvalue weighted by atomic mass is 9.80. The van der Waals surface area contributed by atoms with Gasteiger partial charge in [0.1, 0.15) is 0 Å². The van der Waals surface area contributed by atoms with Gasteiger partial charge in [-0.2, -0.15) is 0 Å². The minimum atomic E-state index is -0.342. The van der Waals surface area contributed by atoms with E-state index in [9.17, 15) is 9.59 Å². The van der Waals surface area contributed by atoms with Gasteiger partial charge in [0.15, 0.2) is 0 Å². The lowest BCUT2D eigenvalue weighted by Crippen LogP contribution is -2.26. The maximum atomic E-state index is 12.1. The maximum Gasteiger partial charge on any atom is 0.335 e. The van der Waals surface area contributed by atoms with Crippen LogP contribution in [0.1, 0.15) is 40.0 Å². The molecule has 0 radical (unpaired) electrons. The predicted molar refractivity (Wildman–Crippen MR) is 65.7 cm³/mol. The number of rotatable bonds is 4. The summed E-state index contributed by atoms with van der Waals surface area (Å²) < 4.78 is 10.2. The van der Waals surface area contributed by atoms with Crippen molar-refractivity contribution in [3.63, 3.8) is 0 Å². The first-order valence-corrected chi connectivity index (χ1v) is 6.62. The van der Waals surface area contributed by atoms with Crippen LogP contribution < -0.4 is 0 Å². The Hall–Kier alpha value is -1.32. The first kappa shape index (κ1) is 13.1. The molecule has 0 N–H and O–H groups in total.